The van der Waals surface area contributed by atoms with Crippen molar-refractivity contribution in [2.24, 2.45) is 5.92 Å². The van der Waals surface area contributed by atoms with E-state index in [1.54, 1.807) is 17.5 Å². The average molecular weight is 418 g/mol. The molecule has 158 valence electrons. The molecule has 0 bridgehead atoms. The number of nitrogens with zero attached hydrogens (tertiary/aromatic N) is 3. The summed E-state index contributed by atoms with van der Waals surface area (Å²) < 4.78 is 1.91. The average Bonchev–Trinajstić information content (AvgIpc) is 3.25. The minimum absolute atomic E-state index is 0.00398. The molecule has 1 aliphatic heterocycles. The van der Waals surface area contributed by atoms with Gasteiger partial charge in [0, 0.05) is 29.9 Å². The maximum atomic E-state index is 12.4. The maximum Gasteiger partial charge on any atom is 0.254 e. The second kappa shape index (κ2) is 8.65. The molecule has 0 spiro atoms. The van der Waals surface area contributed by atoms with Crippen LogP contribution in [0.25, 0.3) is 0 Å². The molecule has 0 aliphatic carbocycles. The topological polar surface area (TPSA) is 88.9 Å². The van der Waals surface area contributed by atoms with Gasteiger partial charge in [-0.3, -0.25) is 14.3 Å². The first-order valence-corrected chi connectivity index (χ1v) is 11.1. The number of amides is 2. The van der Waals surface area contributed by atoms with Crippen molar-refractivity contribution in [2.75, 3.05) is 6.54 Å². The van der Waals surface area contributed by atoms with Gasteiger partial charge in [-0.15, -0.1) is 11.3 Å². The summed E-state index contributed by atoms with van der Waals surface area (Å²) >= 11 is 1.61. The van der Waals surface area contributed by atoms with E-state index >= 15 is 0 Å². The van der Waals surface area contributed by atoms with E-state index in [1.807, 2.05) is 23.9 Å². The fraction of sp³-hybridized carbons (Fsp3) is 0.619. The second-order valence-electron chi connectivity index (χ2n) is 9.09. The van der Waals surface area contributed by atoms with Gasteiger partial charge in [0.25, 0.3) is 5.91 Å². The molecular weight excluding hydrogens is 386 g/mol. The highest BCUT2D eigenvalue weighted by molar-refractivity contribution is 7.09. The van der Waals surface area contributed by atoms with E-state index in [0.717, 1.165) is 35.8 Å². The molecule has 29 heavy (non-hydrogen) atoms. The van der Waals surface area contributed by atoms with E-state index in [0.29, 0.717) is 24.4 Å². The predicted molar refractivity (Wildman–Crippen MR) is 114 cm³/mol. The SMILES string of the molecule is CC(C)NC(=O)c1cnn2c1C[C@H](CNC(=O)Cc1csc(C(C)(C)C)n1)CC2. The minimum atomic E-state index is -0.0795. The molecule has 0 saturated carbocycles. The van der Waals surface area contributed by atoms with E-state index < -0.39 is 0 Å². The van der Waals surface area contributed by atoms with Crippen LogP contribution in [-0.2, 0) is 29.6 Å². The fourth-order valence-corrected chi connectivity index (χ4v) is 4.33. The number of nitrogens with one attached hydrogen (secondary N) is 2. The molecular formula is C21H31N5O2S. The molecule has 2 N–H and O–H groups in total. The van der Waals surface area contributed by atoms with Crippen LogP contribution in [0.1, 0.15) is 67.8 Å². The van der Waals surface area contributed by atoms with E-state index in [2.05, 4.69) is 41.5 Å². The smallest absolute Gasteiger partial charge is 0.254 e. The van der Waals surface area contributed by atoms with E-state index in [1.165, 1.54) is 0 Å². The first kappa shape index (κ1) is 21.5. The Morgan fingerprint density at radius 1 is 1.34 bits per heavy atom. The number of aryl methyl sites for hydroxylation is 1. The summed E-state index contributed by atoms with van der Waals surface area (Å²) in [6.07, 6.45) is 3.64. The fourth-order valence-electron chi connectivity index (χ4n) is 3.42. The first-order valence-electron chi connectivity index (χ1n) is 10.2. The van der Waals surface area contributed by atoms with Gasteiger partial charge in [0.15, 0.2) is 0 Å². The number of carbonyl (C=O) groups excluding carboxylic acids is 2. The highest BCUT2D eigenvalue weighted by Crippen LogP contribution is 2.26. The maximum absolute atomic E-state index is 12.4. The van der Waals surface area contributed by atoms with Crippen LogP contribution < -0.4 is 10.6 Å². The van der Waals surface area contributed by atoms with Crippen molar-refractivity contribution in [1.29, 1.82) is 0 Å². The Balaban J connectivity index is 1.54. The van der Waals surface area contributed by atoms with Gasteiger partial charge in [-0.1, -0.05) is 20.8 Å². The molecule has 1 atom stereocenters. The molecule has 3 rings (SSSR count). The van der Waals surface area contributed by atoms with Crippen LogP contribution in [-0.4, -0.2) is 39.2 Å². The molecule has 3 heterocycles. The van der Waals surface area contributed by atoms with Gasteiger partial charge in [-0.05, 0) is 32.6 Å². The second-order valence-corrected chi connectivity index (χ2v) is 9.95. The normalized spacial score (nSPS) is 16.6. The van der Waals surface area contributed by atoms with Gasteiger partial charge in [0.05, 0.1) is 34.6 Å². The van der Waals surface area contributed by atoms with Crippen molar-refractivity contribution in [3.8, 4) is 0 Å². The number of carbonyl (C=O) groups is 2. The van der Waals surface area contributed by atoms with Crippen molar-refractivity contribution >= 4 is 23.2 Å². The van der Waals surface area contributed by atoms with Crippen molar-refractivity contribution in [1.82, 2.24) is 25.4 Å². The zero-order chi connectivity index (χ0) is 21.2. The molecule has 0 saturated heterocycles. The van der Waals surface area contributed by atoms with Crippen LogP contribution in [0.3, 0.4) is 0 Å². The van der Waals surface area contributed by atoms with Crippen molar-refractivity contribution in [3.63, 3.8) is 0 Å². The summed E-state index contributed by atoms with van der Waals surface area (Å²) in [4.78, 5) is 29.4. The van der Waals surface area contributed by atoms with Crippen molar-refractivity contribution < 1.29 is 9.59 Å². The van der Waals surface area contributed by atoms with Gasteiger partial charge < -0.3 is 10.6 Å². The Morgan fingerprint density at radius 2 is 2.10 bits per heavy atom. The quantitative estimate of drug-likeness (QED) is 0.756. The monoisotopic (exact) mass is 417 g/mol. The molecule has 2 aromatic heterocycles. The molecule has 0 fully saturated rings. The number of fused-ring (bicyclic) bond motifs is 1. The lowest BCUT2D eigenvalue weighted by Crippen LogP contribution is -2.35. The molecule has 0 aromatic carbocycles. The predicted octanol–water partition coefficient (Wildman–Crippen LogP) is 2.70. The first-order chi connectivity index (χ1) is 13.6. The van der Waals surface area contributed by atoms with Crippen LogP contribution in [0.5, 0.6) is 0 Å². The molecule has 8 heteroatoms. The summed E-state index contributed by atoms with van der Waals surface area (Å²) in [7, 11) is 0. The molecule has 1 aliphatic rings. The Bertz CT molecular complexity index is 878. The minimum Gasteiger partial charge on any atom is -0.355 e. The number of aromatic nitrogens is 3. The third kappa shape index (κ3) is 5.44. The summed E-state index contributed by atoms with van der Waals surface area (Å²) in [5.74, 6) is 0.214. The van der Waals surface area contributed by atoms with Crippen LogP contribution in [0, 0.1) is 5.92 Å². The Hall–Kier alpha value is -2.22. The molecule has 2 amide bonds. The highest BCUT2D eigenvalue weighted by atomic mass is 32.1. The summed E-state index contributed by atoms with van der Waals surface area (Å²) in [6, 6.07) is 0.0845. The molecule has 0 unspecified atom stereocenters. The largest absolute Gasteiger partial charge is 0.355 e. The van der Waals surface area contributed by atoms with Crippen molar-refractivity contribution in [2.45, 2.75) is 71.9 Å². The van der Waals surface area contributed by atoms with Crippen LogP contribution >= 0.6 is 11.3 Å². The Morgan fingerprint density at radius 3 is 2.76 bits per heavy atom. The van der Waals surface area contributed by atoms with Crippen LogP contribution in [0.4, 0.5) is 0 Å². The van der Waals surface area contributed by atoms with Crippen LogP contribution in [0.2, 0.25) is 0 Å². The number of hydrogen-bond donors (Lipinski definition) is 2. The lowest BCUT2D eigenvalue weighted by Gasteiger charge is -2.24. The summed E-state index contributed by atoms with van der Waals surface area (Å²) in [5.41, 5.74) is 2.44. The number of hydrogen-bond acceptors (Lipinski definition) is 5. The zero-order valence-electron chi connectivity index (χ0n) is 17.9. The molecule has 7 nitrogen and oxygen atoms in total. The summed E-state index contributed by atoms with van der Waals surface area (Å²) in [5, 5.41) is 13.4. The zero-order valence-corrected chi connectivity index (χ0v) is 18.7. The highest BCUT2D eigenvalue weighted by Gasteiger charge is 2.26. The van der Waals surface area contributed by atoms with E-state index in [-0.39, 0.29) is 23.3 Å². The summed E-state index contributed by atoms with van der Waals surface area (Å²) in [6.45, 7) is 11.6. The Labute approximate surface area is 176 Å². The molecule has 0 radical (unpaired) electrons. The third-order valence-electron chi connectivity index (χ3n) is 4.97. The van der Waals surface area contributed by atoms with Gasteiger partial charge in [-0.2, -0.15) is 5.10 Å². The van der Waals surface area contributed by atoms with Gasteiger partial charge >= 0.3 is 0 Å². The van der Waals surface area contributed by atoms with Crippen molar-refractivity contribution in [3.05, 3.63) is 33.5 Å². The molecule has 2 aromatic rings. The lowest BCUT2D eigenvalue weighted by atomic mass is 9.94. The number of thiazole rings is 1. The standard InChI is InChI=1S/C21H31N5O2S/c1-13(2)24-19(28)16-11-23-26-7-6-14(8-17(16)26)10-22-18(27)9-15-12-29-20(25-15)21(3,4)5/h11-14H,6-10H2,1-5H3,(H,22,27)(H,24,28)/t14-/m1/s1. The lowest BCUT2D eigenvalue weighted by molar-refractivity contribution is -0.120. The van der Waals surface area contributed by atoms with Gasteiger partial charge in [0.2, 0.25) is 5.91 Å². The third-order valence-corrected chi connectivity index (χ3v) is 6.28. The Kier molecular flexibility index (Phi) is 6.41. The van der Waals surface area contributed by atoms with Gasteiger partial charge in [-0.25, -0.2) is 4.98 Å². The van der Waals surface area contributed by atoms with E-state index in [9.17, 15) is 9.59 Å². The number of rotatable bonds is 6. The van der Waals surface area contributed by atoms with Gasteiger partial charge in [0.1, 0.15) is 0 Å². The van der Waals surface area contributed by atoms with E-state index in [4.69, 9.17) is 0 Å². The van der Waals surface area contributed by atoms with Crippen LogP contribution in [0.15, 0.2) is 11.6 Å².